The van der Waals surface area contributed by atoms with Crippen molar-refractivity contribution in [1.29, 1.82) is 0 Å². The maximum atomic E-state index is 12.5. The molecule has 20 heavy (non-hydrogen) atoms. The Labute approximate surface area is 121 Å². The van der Waals surface area contributed by atoms with E-state index in [9.17, 15) is 18.5 Å². The quantitative estimate of drug-likeness (QED) is 0.668. The molecule has 0 spiro atoms. The summed E-state index contributed by atoms with van der Waals surface area (Å²) in [6, 6.07) is 3.28. The van der Waals surface area contributed by atoms with Crippen LogP contribution in [-0.2, 0) is 10.0 Å². The Morgan fingerprint density at radius 1 is 1.45 bits per heavy atom. The van der Waals surface area contributed by atoms with Crippen molar-refractivity contribution in [3.63, 3.8) is 0 Å². The molecule has 2 N–H and O–H groups in total. The van der Waals surface area contributed by atoms with Gasteiger partial charge in [0, 0.05) is 30.2 Å². The zero-order valence-corrected chi connectivity index (χ0v) is 12.1. The van der Waals surface area contributed by atoms with E-state index >= 15 is 0 Å². The van der Waals surface area contributed by atoms with Crippen molar-refractivity contribution >= 4 is 27.3 Å². The minimum Gasteiger partial charge on any atom is -0.327 e. The second-order valence-electron chi connectivity index (χ2n) is 4.63. The van der Waals surface area contributed by atoms with Gasteiger partial charge >= 0.3 is 0 Å². The molecule has 2 rings (SSSR count). The molecule has 9 heteroatoms. The summed E-state index contributed by atoms with van der Waals surface area (Å²) in [5, 5.41) is 11.1. The smallest absolute Gasteiger partial charge is 0.290 e. The number of nitro benzene ring substituents is 1. The molecule has 1 saturated heterocycles. The van der Waals surface area contributed by atoms with Gasteiger partial charge in [-0.3, -0.25) is 10.1 Å². The Bertz CT molecular complexity index is 635. The highest BCUT2D eigenvalue weighted by Gasteiger charge is 2.34. The normalized spacial score (nSPS) is 20.8. The maximum absolute atomic E-state index is 12.5. The minimum atomic E-state index is -3.93. The average Bonchev–Trinajstić information content (AvgIpc) is 2.38. The van der Waals surface area contributed by atoms with Crippen LogP contribution in [0.1, 0.15) is 12.8 Å². The molecular formula is C11H14ClN3O4S. The Balaban J connectivity index is 2.46. The predicted octanol–water partition coefficient (Wildman–Crippen LogP) is 1.36. The highest BCUT2D eigenvalue weighted by atomic mass is 35.5. The standard InChI is InChI=1S/C11H14ClN3O4S/c12-8-3-4-11(10(6-8)15(16)17)20(18,19)14-5-1-2-9(13)7-14/h3-4,6,9H,1-2,5,7,13H2. The topological polar surface area (TPSA) is 107 Å². The molecule has 0 amide bonds. The van der Waals surface area contributed by atoms with Gasteiger partial charge in [0.25, 0.3) is 5.69 Å². The van der Waals surface area contributed by atoms with Crippen molar-refractivity contribution < 1.29 is 13.3 Å². The van der Waals surface area contributed by atoms with Crippen LogP contribution in [0.25, 0.3) is 0 Å². The largest absolute Gasteiger partial charge is 0.327 e. The summed E-state index contributed by atoms with van der Waals surface area (Å²) in [7, 11) is -3.93. The van der Waals surface area contributed by atoms with Gasteiger partial charge in [-0.15, -0.1) is 0 Å². The molecule has 1 aromatic carbocycles. The Kier molecular flexibility index (Phi) is 4.28. The first kappa shape index (κ1) is 15.2. The summed E-state index contributed by atoms with van der Waals surface area (Å²) < 4.78 is 26.2. The number of piperidine rings is 1. The SMILES string of the molecule is NC1CCCN(S(=O)(=O)c2ccc(Cl)cc2[N+](=O)[O-])C1. The highest BCUT2D eigenvalue weighted by molar-refractivity contribution is 7.89. The average molecular weight is 320 g/mol. The van der Waals surface area contributed by atoms with Gasteiger partial charge in [-0.1, -0.05) is 11.6 Å². The van der Waals surface area contributed by atoms with Crippen molar-refractivity contribution in [2.24, 2.45) is 5.73 Å². The molecule has 0 aliphatic carbocycles. The minimum absolute atomic E-state index is 0.117. The number of nitro groups is 1. The van der Waals surface area contributed by atoms with Crippen molar-refractivity contribution in [2.45, 2.75) is 23.8 Å². The van der Waals surface area contributed by atoms with E-state index in [1.54, 1.807) is 0 Å². The van der Waals surface area contributed by atoms with E-state index in [1.807, 2.05) is 0 Å². The lowest BCUT2D eigenvalue weighted by Gasteiger charge is -2.29. The van der Waals surface area contributed by atoms with Gasteiger partial charge < -0.3 is 5.73 Å². The van der Waals surface area contributed by atoms with E-state index < -0.39 is 20.6 Å². The molecule has 0 radical (unpaired) electrons. The molecule has 1 aliphatic rings. The summed E-state index contributed by atoms with van der Waals surface area (Å²) in [5.41, 5.74) is 5.24. The lowest BCUT2D eigenvalue weighted by molar-refractivity contribution is -0.387. The Hall–Kier alpha value is -1.22. The van der Waals surface area contributed by atoms with Crippen LogP contribution in [0.2, 0.25) is 5.02 Å². The molecule has 1 atom stereocenters. The third-order valence-corrected chi connectivity index (χ3v) is 5.30. The zero-order valence-electron chi connectivity index (χ0n) is 10.5. The lowest BCUT2D eigenvalue weighted by atomic mass is 10.1. The molecule has 0 saturated carbocycles. The highest BCUT2D eigenvalue weighted by Crippen LogP contribution is 2.30. The molecule has 0 aromatic heterocycles. The van der Waals surface area contributed by atoms with Crippen LogP contribution < -0.4 is 5.73 Å². The number of benzene rings is 1. The Morgan fingerprint density at radius 3 is 2.75 bits per heavy atom. The number of hydrogen-bond donors (Lipinski definition) is 1. The number of rotatable bonds is 3. The van der Waals surface area contributed by atoms with E-state index in [0.29, 0.717) is 13.0 Å². The number of nitrogens with two attached hydrogens (primary N) is 1. The molecule has 1 unspecified atom stereocenters. The molecule has 0 bridgehead atoms. The van der Waals surface area contributed by atoms with E-state index in [1.165, 1.54) is 10.4 Å². The van der Waals surface area contributed by atoms with E-state index in [-0.39, 0.29) is 22.5 Å². The van der Waals surface area contributed by atoms with Crippen molar-refractivity contribution in [3.8, 4) is 0 Å². The monoisotopic (exact) mass is 319 g/mol. The van der Waals surface area contributed by atoms with Gasteiger partial charge in [-0.25, -0.2) is 8.42 Å². The van der Waals surface area contributed by atoms with Crippen LogP contribution in [0.4, 0.5) is 5.69 Å². The predicted molar refractivity (Wildman–Crippen MR) is 74.1 cm³/mol. The van der Waals surface area contributed by atoms with Crippen LogP contribution in [0.3, 0.4) is 0 Å². The fraction of sp³-hybridized carbons (Fsp3) is 0.455. The van der Waals surface area contributed by atoms with Crippen molar-refractivity contribution in [1.82, 2.24) is 4.31 Å². The second-order valence-corrected chi connectivity index (χ2v) is 6.98. The zero-order chi connectivity index (χ0) is 14.9. The van der Waals surface area contributed by atoms with E-state index in [2.05, 4.69) is 0 Å². The van der Waals surface area contributed by atoms with Gasteiger partial charge in [0.05, 0.1) is 4.92 Å². The second kappa shape index (κ2) is 5.65. The number of hydrogen-bond acceptors (Lipinski definition) is 5. The number of sulfonamides is 1. The van der Waals surface area contributed by atoms with Crippen LogP contribution in [-0.4, -0.2) is 36.8 Å². The molecule has 1 aromatic rings. The summed E-state index contributed by atoms with van der Waals surface area (Å²) in [6.07, 6.45) is 1.39. The molecule has 1 heterocycles. The maximum Gasteiger partial charge on any atom is 0.290 e. The number of nitrogens with zero attached hydrogens (tertiary/aromatic N) is 2. The fourth-order valence-electron chi connectivity index (χ4n) is 2.18. The van der Waals surface area contributed by atoms with Gasteiger partial charge in [-0.2, -0.15) is 4.31 Å². The summed E-state index contributed by atoms with van der Waals surface area (Å²) in [5.74, 6) is 0. The third-order valence-electron chi connectivity index (χ3n) is 3.16. The first-order chi connectivity index (χ1) is 9.32. The fourth-order valence-corrected chi connectivity index (χ4v) is 4.02. The molecule has 1 aliphatic heterocycles. The van der Waals surface area contributed by atoms with Crippen molar-refractivity contribution in [2.75, 3.05) is 13.1 Å². The molecule has 110 valence electrons. The third kappa shape index (κ3) is 2.93. The summed E-state index contributed by atoms with van der Waals surface area (Å²) in [6.45, 7) is 0.484. The van der Waals surface area contributed by atoms with Crippen LogP contribution >= 0.6 is 11.6 Å². The number of halogens is 1. The summed E-state index contributed by atoms with van der Waals surface area (Å²) in [4.78, 5) is 9.91. The molecular weight excluding hydrogens is 306 g/mol. The van der Waals surface area contributed by atoms with E-state index in [4.69, 9.17) is 17.3 Å². The van der Waals surface area contributed by atoms with Gasteiger partial charge in [0.15, 0.2) is 4.90 Å². The van der Waals surface area contributed by atoms with Gasteiger partial charge in [-0.05, 0) is 25.0 Å². The van der Waals surface area contributed by atoms with Crippen LogP contribution in [0.15, 0.2) is 23.1 Å². The van der Waals surface area contributed by atoms with E-state index in [0.717, 1.165) is 18.6 Å². The molecule has 1 fully saturated rings. The first-order valence-electron chi connectivity index (χ1n) is 6.02. The van der Waals surface area contributed by atoms with Gasteiger partial charge in [0.2, 0.25) is 10.0 Å². The Morgan fingerprint density at radius 2 is 2.15 bits per heavy atom. The van der Waals surface area contributed by atoms with Crippen LogP contribution in [0.5, 0.6) is 0 Å². The van der Waals surface area contributed by atoms with Gasteiger partial charge in [0.1, 0.15) is 0 Å². The van der Waals surface area contributed by atoms with Crippen molar-refractivity contribution in [3.05, 3.63) is 33.3 Å². The molecule has 7 nitrogen and oxygen atoms in total. The summed E-state index contributed by atoms with van der Waals surface area (Å²) >= 11 is 5.69. The first-order valence-corrected chi connectivity index (χ1v) is 7.84. The lowest BCUT2D eigenvalue weighted by Crippen LogP contribution is -2.45. The van der Waals surface area contributed by atoms with Crippen LogP contribution in [0, 0.1) is 10.1 Å².